The van der Waals surface area contributed by atoms with Crippen LogP contribution in [0.25, 0.3) is 0 Å². The molecule has 1 unspecified atom stereocenters. The summed E-state index contributed by atoms with van der Waals surface area (Å²) < 4.78 is 0. The van der Waals surface area contributed by atoms with Gasteiger partial charge >= 0.3 is 0 Å². The largest absolute Gasteiger partial charge is 0.397 e. The van der Waals surface area contributed by atoms with Crippen molar-refractivity contribution in [3.63, 3.8) is 0 Å². The van der Waals surface area contributed by atoms with Crippen LogP contribution in [-0.2, 0) is 0 Å². The Morgan fingerprint density at radius 2 is 2.27 bits per heavy atom. The molecule has 0 fully saturated rings. The first-order valence-corrected chi connectivity index (χ1v) is 4.49. The van der Waals surface area contributed by atoms with Gasteiger partial charge in [0.1, 0.15) is 0 Å². The molecule has 5 nitrogen and oxygen atoms in total. The van der Waals surface area contributed by atoms with E-state index in [0.717, 1.165) is 0 Å². The normalized spacial score (nSPS) is 11.8. The van der Waals surface area contributed by atoms with E-state index >= 15 is 0 Å². The molecule has 0 spiro atoms. The minimum absolute atomic E-state index is 0.190. The van der Waals surface area contributed by atoms with Crippen LogP contribution in [0.3, 0.4) is 0 Å². The third-order valence-corrected chi connectivity index (χ3v) is 1.92. The van der Waals surface area contributed by atoms with Crippen LogP contribution in [0.4, 0.5) is 11.4 Å². The molecule has 1 aromatic carbocycles. The molecule has 0 aliphatic heterocycles. The lowest BCUT2D eigenvalue weighted by Crippen LogP contribution is -2.23. The van der Waals surface area contributed by atoms with Gasteiger partial charge in [-0.3, -0.25) is 0 Å². The Bertz CT molecular complexity index is 373. The zero-order valence-corrected chi connectivity index (χ0v) is 8.14. The van der Waals surface area contributed by atoms with Crippen LogP contribution in [0.15, 0.2) is 18.2 Å². The van der Waals surface area contributed by atoms with E-state index in [-0.39, 0.29) is 13.2 Å². The van der Waals surface area contributed by atoms with Gasteiger partial charge in [0.2, 0.25) is 0 Å². The fraction of sp³-hybridized carbons (Fsp3) is 0.300. The molecular weight excluding hydrogens is 194 g/mol. The Hall–Kier alpha value is -1.77. The summed E-state index contributed by atoms with van der Waals surface area (Å²) in [7, 11) is 0. The smallest absolute Gasteiger partial charge is 0.0992 e. The third-order valence-electron chi connectivity index (χ3n) is 1.92. The maximum Gasteiger partial charge on any atom is 0.0992 e. The molecule has 0 bridgehead atoms. The number of benzene rings is 1. The van der Waals surface area contributed by atoms with Gasteiger partial charge < -0.3 is 21.3 Å². The summed E-state index contributed by atoms with van der Waals surface area (Å²) in [4.78, 5) is 0. The molecule has 5 heteroatoms. The third kappa shape index (κ3) is 3.13. The zero-order valence-electron chi connectivity index (χ0n) is 8.14. The molecule has 0 heterocycles. The van der Waals surface area contributed by atoms with Crippen LogP contribution >= 0.6 is 0 Å². The number of nitrogen functional groups attached to an aromatic ring is 1. The average molecular weight is 207 g/mol. The number of nitrogens with two attached hydrogens (primary N) is 1. The van der Waals surface area contributed by atoms with E-state index in [0.29, 0.717) is 16.9 Å². The van der Waals surface area contributed by atoms with Crippen LogP contribution in [0.2, 0.25) is 0 Å². The Kier molecular flexibility index (Phi) is 3.92. The number of nitrogens with zero attached hydrogens (tertiary/aromatic N) is 1. The molecule has 0 aliphatic carbocycles. The van der Waals surface area contributed by atoms with E-state index in [1.54, 1.807) is 18.2 Å². The summed E-state index contributed by atoms with van der Waals surface area (Å²) in [5.41, 5.74) is 7.23. The number of aliphatic hydroxyl groups is 2. The number of hydrogen-bond donors (Lipinski definition) is 4. The average Bonchev–Trinajstić information content (AvgIpc) is 2.27. The second kappa shape index (κ2) is 5.20. The lowest BCUT2D eigenvalue weighted by atomic mass is 10.2. The highest BCUT2D eigenvalue weighted by molar-refractivity contribution is 5.68. The summed E-state index contributed by atoms with van der Waals surface area (Å²) in [5, 5.41) is 29.2. The van der Waals surface area contributed by atoms with Gasteiger partial charge in [0, 0.05) is 6.54 Å². The molecule has 0 amide bonds. The first-order valence-electron chi connectivity index (χ1n) is 4.49. The van der Waals surface area contributed by atoms with Gasteiger partial charge in [0.25, 0.3) is 0 Å². The summed E-state index contributed by atoms with van der Waals surface area (Å²) in [6.45, 7) is -0.125. The summed E-state index contributed by atoms with van der Waals surface area (Å²) in [5.74, 6) is 0. The van der Waals surface area contributed by atoms with E-state index in [1.165, 1.54) is 0 Å². The van der Waals surface area contributed by atoms with Gasteiger partial charge in [-0.2, -0.15) is 5.26 Å². The lowest BCUT2D eigenvalue weighted by Gasteiger charge is -2.12. The van der Waals surface area contributed by atoms with Gasteiger partial charge in [0.05, 0.1) is 35.7 Å². The van der Waals surface area contributed by atoms with Gasteiger partial charge in [-0.05, 0) is 18.2 Å². The minimum atomic E-state index is -0.838. The second-order valence-electron chi connectivity index (χ2n) is 3.13. The predicted molar refractivity (Wildman–Crippen MR) is 57.2 cm³/mol. The fourth-order valence-corrected chi connectivity index (χ4v) is 1.07. The predicted octanol–water partition coefficient (Wildman–Crippen LogP) is -0.0944. The first-order chi connectivity index (χ1) is 7.17. The lowest BCUT2D eigenvalue weighted by molar-refractivity contribution is 0.105. The van der Waals surface area contributed by atoms with Crippen LogP contribution < -0.4 is 11.1 Å². The van der Waals surface area contributed by atoms with Gasteiger partial charge in [-0.1, -0.05) is 0 Å². The van der Waals surface area contributed by atoms with Crippen LogP contribution in [0.1, 0.15) is 5.56 Å². The van der Waals surface area contributed by atoms with E-state index in [2.05, 4.69) is 5.32 Å². The van der Waals surface area contributed by atoms with E-state index in [4.69, 9.17) is 21.2 Å². The SMILES string of the molecule is N#Cc1ccc(N)c(NCC(O)CO)c1. The molecule has 15 heavy (non-hydrogen) atoms. The maximum atomic E-state index is 9.12. The van der Waals surface area contributed by atoms with Crippen molar-refractivity contribution in [2.45, 2.75) is 6.10 Å². The summed E-state index contributed by atoms with van der Waals surface area (Å²) in [6, 6.07) is 6.82. The van der Waals surface area contributed by atoms with Gasteiger partial charge in [-0.25, -0.2) is 0 Å². The Balaban J connectivity index is 2.72. The van der Waals surface area contributed by atoms with Crippen molar-refractivity contribution in [1.29, 1.82) is 5.26 Å². The molecule has 1 aromatic rings. The number of nitrogens with one attached hydrogen (secondary N) is 1. The topological polar surface area (TPSA) is 102 Å². The van der Waals surface area contributed by atoms with Gasteiger partial charge in [0.15, 0.2) is 0 Å². The molecular formula is C10H13N3O2. The number of aliphatic hydroxyl groups excluding tert-OH is 2. The number of anilines is 2. The molecule has 0 saturated heterocycles. The molecule has 0 aromatic heterocycles. The summed E-state index contributed by atoms with van der Waals surface area (Å²) >= 11 is 0. The highest BCUT2D eigenvalue weighted by Crippen LogP contribution is 2.19. The molecule has 0 radical (unpaired) electrons. The van der Waals surface area contributed by atoms with Gasteiger partial charge in [-0.15, -0.1) is 0 Å². The van der Waals surface area contributed by atoms with Crippen molar-refractivity contribution < 1.29 is 10.2 Å². The number of hydrogen-bond acceptors (Lipinski definition) is 5. The maximum absolute atomic E-state index is 9.12. The Morgan fingerprint density at radius 3 is 2.87 bits per heavy atom. The molecule has 0 saturated carbocycles. The van der Waals surface area contributed by atoms with Crippen molar-refractivity contribution in [1.82, 2.24) is 0 Å². The van der Waals surface area contributed by atoms with E-state index < -0.39 is 6.10 Å². The summed E-state index contributed by atoms with van der Waals surface area (Å²) in [6.07, 6.45) is -0.838. The van der Waals surface area contributed by atoms with Crippen molar-refractivity contribution in [2.75, 3.05) is 24.2 Å². The fourth-order valence-electron chi connectivity index (χ4n) is 1.07. The van der Waals surface area contributed by atoms with Crippen molar-refractivity contribution in [3.8, 4) is 6.07 Å². The van der Waals surface area contributed by atoms with Crippen molar-refractivity contribution in [3.05, 3.63) is 23.8 Å². The zero-order chi connectivity index (χ0) is 11.3. The molecule has 0 aliphatic rings. The molecule has 1 atom stereocenters. The quantitative estimate of drug-likeness (QED) is 0.516. The molecule has 1 rings (SSSR count). The Labute approximate surface area is 87.8 Å². The standard InChI is InChI=1S/C10H13N3O2/c11-4-7-1-2-9(12)10(3-7)13-5-8(15)6-14/h1-3,8,13-15H,5-6,12H2. The highest BCUT2D eigenvalue weighted by atomic mass is 16.3. The Morgan fingerprint density at radius 1 is 1.53 bits per heavy atom. The van der Waals surface area contributed by atoms with E-state index in [1.807, 2.05) is 6.07 Å². The van der Waals surface area contributed by atoms with Crippen molar-refractivity contribution in [2.24, 2.45) is 0 Å². The molecule has 5 N–H and O–H groups in total. The highest BCUT2D eigenvalue weighted by Gasteiger charge is 2.04. The molecule has 80 valence electrons. The first kappa shape index (κ1) is 11.3. The number of nitriles is 1. The van der Waals surface area contributed by atoms with Crippen LogP contribution in [-0.4, -0.2) is 29.5 Å². The van der Waals surface area contributed by atoms with Crippen molar-refractivity contribution >= 4 is 11.4 Å². The second-order valence-corrected chi connectivity index (χ2v) is 3.13. The minimum Gasteiger partial charge on any atom is -0.397 e. The number of rotatable bonds is 4. The monoisotopic (exact) mass is 207 g/mol. The van der Waals surface area contributed by atoms with Crippen LogP contribution in [0, 0.1) is 11.3 Å². The van der Waals surface area contributed by atoms with Crippen LogP contribution in [0.5, 0.6) is 0 Å². The van der Waals surface area contributed by atoms with E-state index in [9.17, 15) is 0 Å².